The quantitative estimate of drug-likeness (QED) is 0.744. The molecular formula is C22H21NO2. The second-order valence-electron chi connectivity index (χ2n) is 6.89. The van der Waals surface area contributed by atoms with Gasteiger partial charge in [0.25, 0.3) is 0 Å². The van der Waals surface area contributed by atoms with Crippen molar-refractivity contribution in [3.05, 3.63) is 77.9 Å². The Balaban J connectivity index is 1.83. The lowest BCUT2D eigenvalue weighted by Crippen LogP contribution is -2.31. The van der Waals surface area contributed by atoms with Crippen molar-refractivity contribution in [1.82, 2.24) is 5.32 Å². The average molecular weight is 331 g/mol. The van der Waals surface area contributed by atoms with Gasteiger partial charge in [0.2, 0.25) is 5.91 Å². The molecule has 3 atom stereocenters. The third-order valence-corrected chi connectivity index (χ3v) is 5.10. The molecular weight excluding hydrogens is 310 g/mol. The summed E-state index contributed by atoms with van der Waals surface area (Å²) in [5.74, 6) is 0.797. The van der Waals surface area contributed by atoms with Gasteiger partial charge in [-0.3, -0.25) is 4.79 Å². The predicted octanol–water partition coefficient (Wildman–Crippen LogP) is 4.41. The van der Waals surface area contributed by atoms with Crippen LogP contribution in [0.3, 0.4) is 0 Å². The molecule has 25 heavy (non-hydrogen) atoms. The van der Waals surface area contributed by atoms with E-state index in [4.69, 9.17) is 0 Å². The Morgan fingerprint density at radius 3 is 2.44 bits per heavy atom. The molecule has 126 valence electrons. The van der Waals surface area contributed by atoms with Crippen molar-refractivity contribution in [3.8, 4) is 5.75 Å². The zero-order valence-electron chi connectivity index (χ0n) is 14.1. The van der Waals surface area contributed by atoms with Gasteiger partial charge in [0.05, 0.1) is 6.04 Å². The van der Waals surface area contributed by atoms with E-state index < -0.39 is 0 Å². The number of nitrogens with one attached hydrogen (secondary N) is 1. The zero-order chi connectivity index (χ0) is 17.4. The van der Waals surface area contributed by atoms with E-state index in [1.54, 1.807) is 6.07 Å². The highest BCUT2D eigenvalue weighted by molar-refractivity contribution is 5.90. The first-order valence-electron chi connectivity index (χ1n) is 8.71. The van der Waals surface area contributed by atoms with E-state index in [1.165, 1.54) is 0 Å². The van der Waals surface area contributed by atoms with Gasteiger partial charge in [0.15, 0.2) is 0 Å². The van der Waals surface area contributed by atoms with Crippen molar-refractivity contribution in [3.63, 3.8) is 0 Å². The number of hydrogen-bond acceptors (Lipinski definition) is 2. The fraction of sp³-hybridized carbons (Fsp3) is 0.227. The summed E-state index contributed by atoms with van der Waals surface area (Å²) in [5.41, 5.74) is 1.72. The molecule has 0 aliphatic heterocycles. The van der Waals surface area contributed by atoms with Crippen LogP contribution in [0.4, 0.5) is 0 Å². The second-order valence-corrected chi connectivity index (χ2v) is 6.89. The highest BCUT2D eigenvalue weighted by Crippen LogP contribution is 2.40. The minimum absolute atomic E-state index is 0.0636. The van der Waals surface area contributed by atoms with Crippen LogP contribution in [0, 0.1) is 11.8 Å². The molecule has 3 nitrogen and oxygen atoms in total. The SMILES string of the molecule is C[C@@H]1C[C@@H]1C(=O)N[C@H](c1ccccc1)c1c(O)ccc2ccccc12. The maximum atomic E-state index is 12.6. The van der Waals surface area contributed by atoms with Gasteiger partial charge in [-0.2, -0.15) is 0 Å². The van der Waals surface area contributed by atoms with E-state index >= 15 is 0 Å². The maximum Gasteiger partial charge on any atom is 0.224 e. The van der Waals surface area contributed by atoms with Gasteiger partial charge in [-0.15, -0.1) is 0 Å². The van der Waals surface area contributed by atoms with Crippen molar-refractivity contribution in [2.45, 2.75) is 19.4 Å². The molecule has 2 N–H and O–H groups in total. The molecule has 3 aromatic carbocycles. The van der Waals surface area contributed by atoms with Gasteiger partial charge in [-0.25, -0.2) is 0 Å². The molecule has 1 aliphatic rings. The molecule has 0 aromatic heterocycles. The Hall–Kier alpha value is -2.81. The third kappa shape index (κ3) is 2.98. The molecule has 0 unspecified atom stereocenters. The van der Waals surface area contributed by atoms with Crippen LogP contribution in [0.25, 0.3) is 10.8 Å². The van der Waals surface area contributed by atoms with Crippen LogP contribution < -0.4 is 5.32 Å². The number of rotatable bonds is 4. The number of carbonyl (C=O) groups is 1. The number of amides is 1. The molecule has 3 aromatic rings. The van der Waals surface area contributed by atoms with Crippen LogP contribution in [0.1, 0.15) is 30.5 Å². The van der Waals surface area contributed by atoms with Gasteiger partial charge in [0.1, 0.15) is 5.75 Å². The normalized spacial score (nSPS) is 20.2. The summed E-state index contributed by atoms with van der Waals surface area (Å²) in [6, 6.07) is 21.0. The highest BCUT2D eigenvalue weighted by Gasteiger charge is 2.40. The van der Waals surface area contributed by atoms with Crippen LogP contribution in [0.5, 0.6) is 5.75 Å². The average Bonchev–Trinajstić information content (AvgIpc) is 3.38. The van der Waals surface area contributed by atoms with Crippen molar-refractivity contribution in [2.75, 3.05) is 0 Å². The topological polar surface area (TPSA) is 49.3 Å². The van der Waals surface area contributed by atoms with Gasteiger partial charge in [0, 0.05) is 11.5 Å². The Morgan fingerprint density at radius 2 is 1.72 bits per heavy atom. The van der Waals surface area contributed by atoms with E-state index in [9.17, 15) is 9.90 Å². The maximum absolute atomic E-state index is 12.6. The summed E-state index contributed by atoms with van der Waals surface area (Å²) in [7, 11) is 0. The van der Waals surface area contributed by atoms with E-state index in [0.29, 0.717) is 5.92 Å². The lowest BCUT2D eigenvalue weighted by atomic mass is 9.92. The molecule has 1 saturated carbocycles. The molecule has 1 fully saturated rings. The second kappa shape index (κ2) is 6.25. The first-order valence-corrected chi connectivity index (χ1v) is 8.71. The van der Waals surface area contributed by atoms with E-state index in [1.807, 2.05) is 60.7 Å². The molecule has 0 spiro atoms. The summed E-state index contributed by atoms with van der Waals surface area (Å²) in [5, 5.41) is 15.8. The molecule has 4 rings (SSSR count). The van der Waals surface area contributed by atoms with Crippen molar-refractivity contribution < 1.29 is 9.90 Å². The minimum Gasteiger partial charge on any atom is -0.508 e. The smallest absolute Gasteiger partial charge is 0.224 e. The Kier molecular flexibility index (Phi) is 3.92. The molecule has 0 bridgehead atoms. The third-order valence-electron chi connectivity index (χ3n) is 5.10. The van der Waals surface area contributed by atoms with Gasteiger partial charge >= 0.3 is 0 Å². The molecule has 3 heteroatoms. The first kappa shape index (κ1) is 15.7. The van der Waals surface area contributed by atoms with Crippen molar-refractivity contribution >= 4 is 16.7 Å². The Morgan fingerprint density at radius 1 is 1.04 bits per heavy atom. The number of carbonyl (C=O) groups excluding carboxylic acids is 1. The number of fused-ring (bicyclic) bond motifs is 1. The Labute approximate surface area is 147 Å². The van der Waals surface area contributed by atoms with Crippen LogP contribution in [-0.4, -0.2) is 11.0 Å². The minimum atomic E-state index is -0.368. The van der Waals surface area contributed by atoms with E-state index in [0.717, 1.165) is 28.3 Å². The summed E-state index contributed by atoms with van der Waals surface area (Å²) in [4.78, 5) is 12.6. The largest absolute Gasteiger partial charge is 0.508 e. The van der Waals surface area contributed by atoms with Crippen LogP contribution >= 0.6 is 0 Å². The highest BCUT2D eigenvalue weighted by atomic mass is 16.3. The van der Waals surface area contributed by atoms with Crippen molar-refractivity contribution in [2.24, 2.45) is 11.8 Å². The number of benzene rings is 3. The number of hydrogen-bond donors (Lipinski definition) is 2. The molecule has 1 amide bonds. The summed E-state index contributed by atoms with van der Waals surface area (Å²) in [6.45, 7) is 2.09. The Bertz CT molecular complexity index is 920. The lowest BCUT2D eigenvalue weighted by Gasteiger charge is -2.22. The van der Waals surface area contributed by atoms with Gasteiger partial charge < -0.3 is 10.4 Å². The molecule has 0 saturated heterocycles. The van der Waals surface area contributed by atoms with E-state index in [-0.39, 0.29) is 23.6 Å². The fourth-order valence-electron chi connectivity index (χ4n) is 3.49. The standard InChI is InChI=1S/C22H21NO2/c1-14-13-18(14)22(25)23-21(16-8-3-2-4-9-16)20-17-10-6-5-7-15(17)11-12-19(20)24/h2-12,14,18,21,24H,13H2,1H3,(H,23,25)/t14-,18+,21-/m1/s1. The van der Waals surface area contributed by atoms with E-state index in [2.05, 4.69) is 12.2 Å². The van der Waals surface area contributed by atoms with Crippen LogP contribution in [0.2, 0.25) is 0 Å². The first-order chi connectivity index (χ1) is 12.1. The summed E-state index contributed by atoms with van der Waals surface area (Å²) >= 11 is 0. The van der Waals surface area contributed by atoms with Crippen LogP contribution in [-0.2, 0) is 4.79 Å². The number of aromatic hydroxyl groups is 1. The molecule has 0 radical (unpaired) electrons. The van der Waals surface area contributed by atoms with Gasteiger partial charge in [-0.05, 0) is 34.7 Å². The molecule has 1 aliphatic carbocycles. The predicted molar refractivity (Wildman–Crippen MR) is 99.3 cm³/mol. The summed E-state index contributed by atoms with van der Waals surface area (Å²) in [6.07, 6.45) is 0.939. The number of phenolic OH excluding ortho intramolecular Hbond substituents is 1. The molecule has 0 heterocycles. The van der Waals surface area contributed by atoms with Crippen molar-refractivity contribution in [1.29, 1.82) is 0 Å². The van der Waals surface area contributed by atoms with Crippen LogP contribution in [0.15, 0.2) is 66.7 Å². The van der Waals surface area contributed by atoms with Gasteiger partial charge in [-0.1, -0.05) is 67.6 Å². The number of phenols is 1. The summed E-state index contributed by atoms with van der Waals surface area (Å²) < 4.78 is 0. The zero-order valence-corrected chi connectivity index (χ0v) is 14.1. The monoisotopic (exact) mass is 331 g/mol. The fourth-order valence-corrected chi connectivity index (χ4v) is 3.49. The lowest BCUT2D eigenvalue weighted by molar-refractivity contribution is -0.123.